The molecule has 0 spiro atoms. The van der Waals surface area contributed by atoms with Crippen molar-refractivity contribution in [2.24, 2.45) is 38.9 Å². The summed E-state index contributed by atoms with van der Waals surface area (Å²) in [6, 6.07) is 0. The number of hydrogen-bond acceptors (Lipinski definition) is 0. The van der Waals surface area contributed by atoms with E-state index >= 15 is 0 Å². The van der Waals surface area contributed by atoms with Crippen molar-refractivity contribution >= 4 is 0 Å². The Hall–Kier alpha value is 0. The molecule has 7 unspecified atom stereocenters. The van der Waals surface area contributed by atoms with Gasteiger partial charge in [-0.25, -0.2) is 0 Å². The molecule has 4 aliphatic rings. The number of hydrogen-bond donors (Lipinski definition) is 0. The van der Waals surface area contributed by atoms with Gasteiger partial charge in [0.2, 0.25) is 0 Å². The minimum atomic E-state index is 0.639. The Balaban J connectivity index is 1.90. The SMILES string of the molecule is CCC1(C)CC23CC(C)(C4(C)C(C)CC24)C13C. The summed E-state index contributed by atoms with van der Waals surface area (Å²) >= 11 is 0. The maximum absolute atomic E-state index is 2.67. The highest BCUT2D eigenvalue weighted by Gasteiger charge is 2.95. The van der Waals surface area contributed by atoms with E-state index in [0.29, 0.717) is 21.7 Å². The fraction of sp³-hybridized carbons (Fsp3) is 1.00. The third-order valence-electron chi connectivity index (χ3n) is 9.65. The maximum atomic E-state index is 2.67. The van der Waals surface area contributed by atoms with E-state index in [0.717, 1.165) is 17.3 Å². The molecule has 0 radical (unpaired) electrons. The van der Waals surface area contributed by atoms with E-state index < -0.39 is 0 Å². The van der Waals surface area contributed by atoms with E-state index in [1.54, 1.807) is 6.42 Å². The lowest BCUT2D eigenvalue weighted by molar-refractivity contribution is -0.330. The molecule has 0 amide bonds. The predicted octanol–water partition coefficient (Wildman–Crippen LogP) is 4.89. The van der Waals surface area contributed by atoms with Gasteiger partial charge < -0.3 is 0 Å². The van der Waals surface area contributed by atoms with Crippen LogP contribution in [-0.2, 0) is 0 Å². The van der Waals surface area contributed by atoms with Crippen LogP contribution in [0.15, 0.2) is 0 Å². The van der Waals surface area contributed by atoms with Crippen molar-refractivity contribution in [3.05, 3.63) is 0 Å². The van der Waals surface area contributed by atoms with Gasteiger partial charge in [-0.05, 0) is 58.2 Å². The smallest absolute Gasteiger partial charge is 0.0153 e. The zero-order chi connectivity index (χ0) is 12.5. The van der Waals surface area contributed by atoms with Crippen molar-refractivity contribution in [3.63, 3.8) is 0 Å². The van der Waals surface area contributed by atoms with Crippen LogP contribution < -0.4 is 0 Å². The summed E-state index contributed by atoms with van der Waals surface area (Å²) in [5.41, 5.74) is 3.39. The second-order valence-electron chi connectivity index (χ2n) is 8.85. The Kier molecular flexibility index (Phi) is 1.44. The first-order valence-electron chi connectivity index (χ1n) is 7.73. The molecule has 0 nitrogen and oxygen atoms in total. The summed E-state index contributed by atoms with van der Waals surface area (Å²) in [5.74, 6) is 2.04. The van der Waals surface area contributed by atoms with E-state index in [1.165, 1.54) is 19.3 Å². The van der Waals surface area contributed by atoms with Gasteiger partial charge in [0.25, 0.3) is 0 Å². The fourth-order valence-electron chi connectivity index (χ4n) is 8.26. The molecule has 4 aliphatic carbocycles. The zero-order valence-electron chi connectivity index (χ0n) is 12.5. The average Bonchev–Trinajstić information content (AvgIpc) is 2.51. The van der Waals surface area contributed by atoms with Crippen LogP contribution in [0.1, 0.15) is 67.2 Å². The Morgan fingerprint density at radius 1 is 1.06 bits per heavy atom. The van der Waals surface area contributed by atoms with Crippen molar-refractivity contribution in [3.8, 4) is 0 Å². The monoisotopic (exact) mass is 232 g/mol. The van der Waals surface area contributed by atoms with Crippen molar-refractivity contribution in [1.29, 1.82) is 0 Å². The fourth-order valence-corrected chi connectivity index (χ4v) is 8.26. The van der Waals surface area contributed by atoms with Crippen LogP contribution in [0.3, 0.4) is 0 Å². The molecule has 2 bridgehead atoms. The van der Waals surface area contributed by atoms with Crippen LogP contribution in [0.2, 0.25) is 0 Å². The summed E-state index contributed by atoms with van der Waals surface area (Å²) in [6.45, 7) is 15.5. The molecule has 17 heavy (non-hydrogen) atoms. The van der Waals surface area contributed by atoms with Gasteiger partial charge in [0.15, 0.2) is 0 Å². The molecule has 0 saturated heterocycles. The van der Waals surface area contributed by atoms with Crippen molar-refractivity contribution in [2.45, 2.75) is 67.2 Å². The van der Waals surface area contributed by atoms with Crippen molar-refractivity contribution in [2.75, 3.05) is 0 Å². The van der Waals surface area contributed by atoms with Gasteiger partial charge in [-0.15, -0.1) is 0 Å². The topological polar surface area (TPSA) is 0 Å². The third kappa shape index (κ3) is 0.588. The Bertz CT molecular complexity index is 422. The average molecular weight is 232 g/mol. The summed E-state index contributed by atoms with van der Waals surface area (Å²) in [6.07, 6.45) is 6.01. The van der Waals surface area contributed by atoms with Gasteiger partial charge in [0.05, 0.1) is 0 Å². The molecule has 0 aromatic heterocycles. The van der Waals surface area contributed by atoms with E-state index in [4.69, 9.17) is 0 Å². The Morgan fingerprint density at radius 2 is 1.71 bits per heavy atom. The molecule has 0 aromatic carbocycles. The van der Waals surface area contributed by atoms with Crippen LogP contribution in [0.25, 0.3) is 0 Å². The molecule has 0 heteroatoms. The molecule has 4 rings (SSSR count). The van der Waals surface area contributed by atoms with Crippen molar-refractivity contribution < 1.29 is 0 Å². The highest BCUT2D eigenvalue weighted by atomic mass is 15.0. The van der Waals surface area contributed by atoms with E-state index in [9.17, 15) is 0 Å². The largest absolute Gasteiger partial charge is 0.0648 e. The Morgan fingerprint density at radius 3 is 2.24 bits per heavy atom. The molecular weight excluding hydrogens is 204 g/mol. The first-order chi connectivity index (χ1) is 7.73. The van der Waals surface area contributed by atoms with E-state index in [-0.39, 0.29) is 0 Å². The molecule has 0 aliphatic heterocycles. The normalized spacial score (nSPS) is 75.2. The van der Waals surface area contributed by atoms with Gasteiger partial charge in [-0.3, -0.25) is 0 Å². The summed E-state index contributed by atoms with van der Waals surface area (Å²) in [7, 11) is 0. The minimum absolute atomic E-state index is 0.639. The lowest BCUT2D eigenvalue weighted by Crippen LogP contribution is -2.74. The van der Waals surface area contributed by atoms with Gasteiger partial charge in [-0.2, -0.15) is 0 Å². The van der Waals surface area contributed by atoms with Gasteiger partial charge >= 0.3 is 0 Å². The van der Waals surface area contributed by atoms with Crippen LogP contribution in [0.5, 0.6) is 0 Å². The number of fused-ring (bicyclic) bond motifs is 2. The molecule has 0 aromatic rings. The second-order valence-corrected chi connectivity index (χ2v) is 8.85. The highest BCUT2D eigenvalue weighted by molar-refractivity contribution is 5.43. The summed E-state index contributed by atoms with van der Waals surface area (Å²) in [5, 5.41) is 0. The van der Waals surface area contributed by atoms with Crippen LogP contribution >= 0.6 is 0 Å². The first kappa shape index (κ1) is 10.9. The molecular formula is C17H28. The quantitative estimate of drug-likeness (QED) is 0.604. The lowest BCUT2D eigenvalue weighted by Gasteiger charge is -2.81. The highest BCUT2D eigenvalue weighted by Crippen LogP contribution is 3.01. The van der Waals surface area contributed by atoms with Gasteiger partial charge in [0.1, 0.15) is 0 Å². The van der Waals surface area contributed by atoms with Crippen LogP contribution in [0, 0.1) is 38.9 Å². The second kappa shape index (κ2) is 2.25. The maximum Gasteiger partial charge on any atom is -0.0153 e. The standard InChI is InChI=1S/C17H28/c1-7-13(3)9-17-10-14(4,16(13,17)6)15(5)11(2)8-12(15)17/h11-12H,7-10H2,1-6H3. The Labute approximate surface area is 107 Å². The van der Waals surface area contributed by atoms with Gasteiger partial charge in [-0.1, -0.05) is 48.0 Å². The summed E-state index contributed by atoms with van der Waals surface area (Å²) in [4.78, 5) is 0. The van der Waals surface area contributed by atoms with E-state index in [2.05, 4.69) is 41.5 Å². The van der Waals surface area contributed by atoms with Crippen molar-refractivity contribution in [1.82, 2.24) is 0 Å². The molecule has 4 fully saturated rings. The predicted molar refractivity (Wildman–Crippen MR) is 71.7 cm³/mol. The number of rotatable bonds is 1. The zero-order valence-corrected chi connectivity index (χ0v) is 12.5. The molecule has 4 saturated carbocycles. The third-order valence-corrected chi connectivity index (χ3v) is 9.65. The van der Waals surface area contributed by atoms with Crippen LogP contribution in [-0.4, -0.2) is 0 Å². The molecule has 0 heterocycles. The molecule has 0 N–H and O–H groups in total. The minimum Gasteiger partial charge on any atom is -0.0648 e. The summed E-state index contributed by atoms with van der Waals surface area (Å²) < 4.78 is 0. The molecule has 7 atom stereocenters. The first-order valence-corrected chi connectivity index (χ1v) is 7.73. The lowest BCUT2D eigenvalue weighted by atomic mass is 9.23. The van der Waals surface area contributed by atoms with Crippen LogP contribution in [0.4, 0.5) is 0 Å². The molecule has 96 valence electrons. The van der Waals surface area contributed by atoms with Gasteiger partial charge in [0, 0.05) is 0 Å². The van der Waals surface area contributed by atoms with E-state index in [1.807, 2.05) is 0 Å².